The van der Waals surface area contributed by atoms with E-state index < -0.39 is 9.73 Å². The second kappa shape index (κ2) is 6.24. The van der Waals surface area contributed by atoms with Gasteiger partial charge in [0.1, 0.15) is 5.82 Å². The average Bonchev–Trinajstić information content (AvgIpc) is 3.02. The zero-order valence-electron chi connectivity index (χ0n) is 13.6. The Kier molecular flexibility index (Phi) is 4.02. The molecule has 4 N–H and O–H groups in total. The first-order valence-electron chi connectivity index (χ1n) is 8.03. The molecule has 26 heavy (non-hydrogen) atoms. The summed E-state index contributed by atoms with van der Waals surface area (Å²) in [6.07, 6.45) is 0.669. The molecule has 0 spiro atoms. The summed E-state index contributed by atoms with van der Waals surface area (Å²) in [5.41, 5.74) is 2.03. The average molecular weight is 380 g/mol. The smallest absolute Gasteiger partial charge is 0.202 e. The van der Waals surface area contributed by atoms with Crippen molar-refractivity contribution in [2.75, 3.05) is 23.4 Å². The Labute approximate surface area is 148 Å². The van der Waals surface area contributed by atoms with Crippen molar-refractivity contribution in [3.63, 3.8) is 0 Å². The van der Waals surface area contributed by atoms with Crippen LogP contribution < -0.4 is 10.6 Å². The molecule has 1 aliphatic heterocycles. The predicted molar refractivity (Wildman–Crippen MR) is 91.2 cm³/mol. The Morgan fingerprint density at radius 2 is 2.27 bits per heavy atom. The number of hydrogen-bond donors (Lipinski definition) is 4. The number of halogens is 1. The van der Waals surface area contributed by atoms with Crippen LogP contribution in [-0.4, -0.2) is 43.6 Å². The molecule has 0 amide bonds. The highest BCUT2D eigenvalue weighted by Gasteiger charge is 2.32. The minimum absolute atomic E-state index is 0.0616. The third kappa shape index (κ3) is 3.09. The molecule has 2 heterocycles. The molecule has 1 aromatic carbocycles. The topological polar surface area (TPSA) is 136 Å². The Morgan fingerprint density at radius 3 is 3.00 bits per heavy atom. The Balaban J connectivity index is 1.43. The molecule has 1 saturated heterocycles. The van der Waals surface area contributed by atoms with E-state index in [0.29, 0.717) is 24.5 Å². The van der Waals surface area contributed by atoms with E-state index >= 15 is 0 Å². The van der Waals surface area contributed by atoms with E-state index in [1.807, 2.05) is 0 Å². The number of benzene rings is 1. The highest BCUT2D eigenvalue weighted by molar-refractivity contribution is 7.93. The first-order valence-corrected chi connectivity index (χ1v) is 9.92. The highest BCUT2D eigenvalue weighted by Crippen LogP contribution is 2.33. The van der Waals surface area contributed by atoms with Crippen LogP contribution in [0.4, 0.5) is 10.2 Å². The van der Waals surface area contributed by atoms with E-state index in [0.717, 1.165) is 11.1 Å². The van der Waals surface area contributed by atoms with Crippen LogP contribution in [0.15, 0.2) is 28.0 Å². The molecule has 0 bridgehead atoms. The lowest BCUT2D eigenvalue weighted by Crippen LogP contribution is -2.40. The summed E-state index contributed by atoms with van der Waals surface area (Å²) < 4.78 is 37.0. The molecule has 0 saturated carbocycles. The van der Waals surface area contributed by atoms with Crippen LogP contribution in [0, 0.1) is 16.5 Å². The predicted octanol–water partition coefficient (Wildman–Crippen LogP) is 1.32. The summed E-state index contributed by atoms with van der Waals surface area (Å²) in [6.45, 7) is 0.466. The number of hydrogen-bond acceptors (Lipinski definition) is 8. The number of nitrogens with zero attached hydrogens (tertiary/aromatic N) is 3. The number of aromatic nitrogens is 2. The minimum atomic E-state index is -2.40. The molecular weight excluding hydrogens is 363 g/mol. The number of fused-ring (bicyclic) bond motifs is 1. The lowest BCUT2D eigenvalue weighted by atomic mass is 9.83. The fourth-order valence-corrected chi connectivity index (χ4v) is 4.91. The number of nitrogens with one attached hydrogen (secondary N) is 3. The van der Waals surface area contributed by atoms with Gasteiger partial charge in [-0.2, -0.15) is 0 Å². The molecule has 1 fully saturated rings. The van der Waals surface area contributed by atoms with Crippen LogP contribution >= 0.6 is 0 Å². The lowest BCUT2D eigenvalue weighted by molar-refractivity contribution is 0.303. The quantitative estimate of drug-likeness (QED) is 0.266. The first-order chi connectivity index (χ1) is 12.4. The normalized spacial score (nSPS) is 27.2. The van der Waals surface area contributed by atoms with E-state index in [2.05, 4.69) is 26.1 Å². The van der Waals surface area contributed by atoms with Gasteiger partial charge in [-0.05, 0) is 40.0 Å². The monoisotopic (exact) mass is 380 g/mol. The molecule has 9 nitrogen and oxygen atoms in total. The summed E-state index contributed by atoms with van der Waals surface area (Å²) in [6, 6.07) is 4.39. The SMILES string of the molecule is N=S1(=O)CC(CNc2nonc2/C(=N/O)N[C@H]2Cc3ccc(F)cc32)C1. The van der Waals surface area contributed by atoms with E-state index in [1.54, 1.807) is 6.07 Å². The van der Waals surface area contributed by atoms with Gasteiger partial charge in [-0.25, -0.2) is 13.2 Å². The van der Waals surface area contributed by atoms with Crippen LogP contribution in [-0.2, 0) is 16.1 Å². The van der Waals surface area contributed by atoms with Crippen molar-refractivity contribution in [2.24, 2.45) is 11.1 Å². The molecular formula is C15H17FN6O3S. The summed E-state index contributed by atoms with van der Waals surface area (Å²) in [5, 5.41) is 26.1. The van der Waals surface area contributed by atoms with E-state index in [4.69, 9.17) is 9.41 Å². The molecule has 1 atom stereocenters. The van der Waals surface area contributed by atoms with Gasteiger partial charge < -0.3 is 15.8 Å². The molecule has 2 aliphatic rings. The van der Waals surface area contributed by atoms with Gasteiger partial charge in [-0.3, -0.25) is 4.78 Å². The van der Waals surface area contributed by atoms with E-state index in [1.165, 1.54) is 12.1 Å². The maximum Gasteiger partial charge on any atom is 0.202 e. The maximum atomic E-state index is 13.4. The Hall–Kier alpha value is -2.69. The second-order valence-corrected chi connectivity index (χ2v) is 8.84. The van der Waals surface area contributed by atoms with Crippen LogP contribution in [0.25, 0.3) is 0 Å². The van der Waals surface area contributed by atoms with Gasteiger partial charge in [0.15, 0.2) is 11.5 Å². The van der Waals surface area contributed by atoms with Gasteiger partial charge in [0.2, 0.25) is 5.82 Å². The van der Waals surface area contributed by atoms with Crippen LogP contribution in [0.2, 0.25) is 0 Å². The molecule has 11 heteroatoms. The van der Waals surface area contributed by atoms with E-state index in [9.17, 15) is 13.8 Å². The van der Waals surface area contributed by atoms with Crippen molar-refractivity contribution >= 4 is 21.4 Å². The molecule has 138 valence electrons. The van der Waals surface area contributed by atoms with Gasteiger partial charge in [0.05, 0.1) is 6.04 Å². The van der Waals surface area contributed by atoms with Crippen LogP contribution in [0.5, 0.6) is 0 Å². The molecule has 0 radical (unpaired) electrons. The summed E-state index contributed by atoms with van der Waals surface area (Å²) >= 11 is 0. The van der Waals surface area contributed by atoms with Crippen LogP contribution in [0.3, 0.4) is 0 Å². The maximum absolute atomic E-state index is 13.4. The standard InChI is InChI=1S/C15H17FN6O3S/c16-10-2-1-9-3-12(11(9)4-10)19-15(20-23)13-14(22-25-21-13)18-5-8-6-26(17,24)7-8/h1-2,4,8,12,17,23H,3,5-7H2,(H,18,22)(H,19,20)/t8?,12-,26?/m0/s1. The Morgan fingerprint density at radius 1 is 1.46 bits per heavy atom. The minimum Gasteiger partial charge on any atom is -0.409 e. The molecule has 1 aliphatic carbocycles. The summed E-state index contributed by atoms with van der Waals surface area (Å²) in [5.74, 6) is 0.844. The van der Waals surface area contributed by atoms with Crippen molar-refractivity contribution in [1.29, 1.82) is 4.78 Å². The third-order valence-electron chi connectivity index (χ3n) is 4.60. The number of anilines is 1. The lowest BCUT2D eigenvalue weighted by Gasteiger charge is -2.31. The zero-order valence-corrected chi connectivity index (χ0v) is 14.4. The van der Waals surface area contributed by atoms with Crippen LogP contribution in [0.1, 0.15) is 22.9 Å². The Bertz CT molecular complexity index is 962. The van der Waals surface area contributed by atoms with Gasteiger partial charge in [0, 0.05) is 33.7 Å². The van der Waals surface area contributed by atoms with Crippen molar-refractivity contribution in [1.82, 2.24) is 15.6 Å². The molecule has 4 rings (SSSR count). The molecule has 1 aromatic heterocycles. The summed E-state index contributed by atoms with van der Waals surface area (Å²) in [7, 11) is -2.40. The zero-order chi connectivity index (χ0) is 18.3. The van der Waals surface area contributed by atoms with Crippen molar-refractivity contribution in [2.45, 2.75) is 12.5 Å². The number of rotatable bonds is 5. The van der Waals surface area contributed by atoms with Crippen molar-refractivity contribution < 1.29 is 18.4 Å². The number of amidine groups is 1. The molecule has 2 aromatic rings. The fourth-order valence-electron chi connectivity index (χ4n) is 3.24. The van der Waals surface area contributed by atoms with Gasteiger partial charge in [0.25, 0.3) is 0 Å². The van der Waals surface area contributed by atoms with Crippen molar-refractivity contribution in [3.05, 3.63) is 40.8 Å². The van der Waals surface area contributed by atoms with Gasteiger partial charge >= 0.3 is 0 Å². The van der Waals surface area contributed by atoms with Gasteiger partial charge in [-0.1, -0.05) is 11.2 Å². The first kappa shape index (κ1) is 16.8. The van der Waals surface area contributed by atoms with Gasteiger partial charge in [-0.15, -0.1) is 0 Å². The van der Waals surface area contributed by atoms with E-state index in [-0.39, 0.29) is 35.1 Å². The summed E-state index contributed by atoms with van der Waals surface area (Å²) in [4.78, 5) is 0. The third-order valence-corrected chi connectivity index (χ3v) is 6.62. The molecule has 0 unspecified atom stereocenters. The van der Waals surface area contributed by atoms with Crippen molar-refractivity contribution in [3.8, 4) is 0 Å². The highest BCUT2D eigenvalue weighted by atomic mass is 32.2. The second-order valence-electron chi connectivity index (χ2n) is 6.55. The number of oxime groups is 1. The fraction of sp³-hybridized carbons (Fsp3) is 0.400. The largest absolute Gasteiger partial charge is 0.409 e.